The van der Waals surface area contributed by atoms with Crippen LogP contribution in [0.5, 0.6) is 5.75 Å². The maximum Gasteiger partial charge on any atom is 0.164 e. The summed E-state index contributed by atoms with van der Waals surface area (Å²) in [5, 5.41) is 9.15. The second-order valence-corrected chi connectivity index (χ2v) is 2.93. The summed E-state index contributed by atoms with van der Waals surface area (Å²) in [6, 6.07) is 0. The van der Waals surface area contributed by atoms with E-state index in [1.165, 1.54) is 19.3 Å². The fourth-order valence-corrected chi connectivity index (χ4v) is 1.37. The molecule has 58 valence electrons. The molecule has 0 bridgehead atoms. The summed E-state index contributed by atoms with van der Waals surface area (Å²) in [5.74, 6) is -0.274. The first kappa shape index (κ1) is 8.20. The number of halogens is 1. The predicted octanol–water partition coefficient (Wildman–Crippen LogP) is 1.75. The molecule has 0 unspecified atom stereocenters. The lowest BCUT2D eigenvalue weighted by atomic mass is 10.2. The molecule has 1 N–H and O–H groups in total. The molecule has 0 amide bonds. The average Bonchev–Trinajstić information content (AvgIpc) is 1.85. The molecule has 0 radical (unpaired) electrons. The summed E-state index contributed by atoms with van der Waals surface area (Å²) in [6.45, 7) is 1.39. The van der Waals surface area contributed by atoms with Gasteiger partial charge in [0.25, 0.3) is 0 Å². The second kappa shape index (κ2) is 3.00. The van der Waals surface area contributed by atoms with E-state index < -0.39 is 0 Å². The summed E-state index contributed by atoms with van der Waals surface area (Å²) < 4.78 is 0.519. The first-order valence-corrected chi connectivity index (χ1v) is 3.75. The van der Waals surface area contributed by atoms with Gasteiger partial charge in [0, 0.05) is 6.20 Å². The van der Waals surface area contributed by atoms with Gasteiger partial charge in [0.1, 0.15) is 5.75 Å². The van der Waals surface area contributed by atoms with Crippen LogP contribution in [0.4, 0.5) is 0 Å². The molecule has 0 spiro atoms. The van der Waals surface area contributed by atoms with Crippen LogP contribution in [-0.4, -0.2) is 15.9 Å². The molecular formula is C7H6BrNO2. The van der Waals surface area contributed by atoms with E-state index in [1.54, 1.807) is 0 Å². The number of hydrogen-bond donors (Lipinski definition) is 1. The van der Waals surface area contributed by atoms with Gasteiger partial charge in [-0.25, -0.2) is 0 Å². The van der Waals surface area contributed by atoms with E-state index in [0.717, 1.165) is 0 Å². The van der Waals surface area contributed by atoms with E-state index in [1.807, 2.05) is 0 Å². The normalized spacial score (nSPS) is 9.64. The first-order valence-electron chi connectivity index (χ1n) is 2.96. The molecule has 0 saturated heterocycles. The summed E-state index contributed by atoms with van der Waals surface area (Å²) in [6.07, 6.45) is 2.71. The monoisotopic (exact) mass is 215 g/mol. The Morgan fingerprint density at radius 2 is 2.27 bits per heavy atom. The highest BCUT2D eigenvalue weighted by Crippen LogP contribution is 2.24. The maximum absolute atomic E-state index is 10.9. The van der Waals surface area contributed by atoms with E-state index in [4.69, 9.17) is 5.11 Å². The Morgan fingerprint density at radius 1 is 1.64 bits per heavy atom. The Hall–Kier alpha value is -0.900. The molecule has 1 heterocycles. The van der Waals surface area contributed by atoms with Crippen LogP contribution in [0.15, 0.2) is 16.9 Å². The number of hydrogen-bond acceptors (Lipinski definition) is 3. The minimum atomic E-state index is -0.184. The van der Waals surface area contributed by atoms with E-state index in [0.29, 0.717) is 4.47 Å². The molecule has 0 fully saturated rings. The second-order valence-electron chi connectivity index (χ2n) is 2.07. The summed E-state index contributed by atoms with van der Waals surface area (Å²) in [4.78, 5) is 14.5. The van der Waals surface area contributed by atoms with Crippen molar-refractivity contribution in [1.82, 2.24) is 4.98 Å². The average molecular weight is 216 g/mol. The molecule has 0 aromatic carbocycles. The number of Topliss-reactive ketones (excluding diaryl/α,β-unsaturated/α-hetero) is 1. The number of rotatable bonds is 1. The van der Waals surface area contributed by atoms with Crippen LogP contribution in [0.3, 0.4) is 0 Å². The van der Waals surface area contributed by atoms with Gasteiger partial charge in [0.15, 0.2) is 5.78 Å². The van der Waals surface area contributed by atoms with E-state index in [2.05, 4.69) is 20.9 Å². The smallest absolute Gasteiger partial charge is 0.164 e. The lowest BCUT2D eigenvalue weighted by Crippen LogP contribution is -1.94. The van der Waals surface area contributed by atoms with Gasteiger partial charge in [0.2, 0.25) is 0 Å². The Morgan fingerprint density at radius 3 is 2.64 bits per heavy atom. The topological polar surface area (TPSA) is 50.2 Å². The van der Waals surface area contributed by atoms with Gasteiger partial charge in [-0.15, -0.1) is 0 Å². The Bertz CT molecular complexity index is 278. The summed E-state index contributed by atoms with van der Waals surface area (Å²) in [5.41, 5.74) is 0.278. The van der Waals surface area contributed by atoms with Crippen molar-refractivity contribution in [1.29, 1.82) is 0 Å². The largest absolute Gasteiger partial charge is 0.506 e. The van der Waals surface area contributed by atoms with Crippen molar-refractivity contribution in [2.75, 3.05) is 0 Å². The van der Waals surface area contributed by atoms with Crippen molar-refractivity contribution < 1.29 is 9.90 Å². The molecule has 0 atom stereocenters. The van der Waals surface area contributed by atoms with Crippen LogP contribution >= 0.6 is 15.9 Å². The quantitative estimate of drug-likeness (QED) is 0.727. The zero-order valence-electron chi connectivity index (χ0n) is 5.84. The fourth-order valence-electron chi connectivity index (χ4n) is 0.773. The number of aromatic hydroxyl groups is 1. The third-order valence-corrected chi connectivity index (χ3v) is 1.83. The van der Waals surface area contributed by atoms with Crippen molar-refractivity contribution in [2.24, 2.45) is 0 Å². The fraction of sp³-hybridized carbons (Fsp3) is 0.143. The van der Waals surface area contributed by atoms with Crippen LogP contribution in [0.25, 0.3) is 0 Å². The van der Waals surface area contributed by atoms with Crippen molar-refractivity contribution in [3.8, 4) is 5.75 Å². The lowest BCUT2D eigenvalue weighted by molar-refractivity contribution is 0.101. The van der Waals surface area contributed by atoms with E-state index in [9.17, 15) is 4.79 Å². The van der Waals surface area contributed by atoms with Crippen molar-refractivity contribution in [3.63, 3.8) is 0 Å². The molecular weight excluding hydrogens is 210 g/mol. The highest BCUT2D eigenvalue weighted by molar-refractivity contribution is 9.10. The van der Waals surface area contributed by atoms with Crippen molar-refractivity contribution in [3.05, 3.63) is 22.4 Å². The first-order chi connectivity index (χ1) is 5.13. The van der Waals surface area contributed by atoms with Crippen LogP contribution in [-0.2, 0) is 0 Å². The minimum Gasteiger partial charge on any atom is -0.506 e. The van der Waals surface area contributed by atoms with Gasteiger partial charge in [-0.3, -0.25) is 9.78 Å². The van der Waals surface area contributed by atoms with Gasteiger partial charge >= 0.3 is 0 Å². The molecule has 1 aromatic rings. The molecule has 0 aliphatic carbocycles. The molecule has 1 rings (SSSR count). The number of nitrogens with zero attached hydrogens (tertiary/aromatic N) is 1. The summed E-state index contributed by atoms with van der Waals surface area (Å²) in [7, 11) is 0. The molecule has 3 nitrogen and oxygen atoms in total. The standard InChI is InChI=1S/C7H6BrNO2/c1-4(10)7-5(8)2-9-3-6(7)11/h2-3,11H,1H3. The zero-order valence-corrected chi connectivity index (χ0v) is 7.42. The number of carbonyl (C=O) groups is 1. The molecule has 0 aliphatic heterocycles. The van der Waals surface area contributed by atoms with Gasteiger partial charge in [-0.05, 0) is 22.9 Å². The highest BCUT2D eigenvalue weighted by atomic mass is 79.9. The Labute approximate surface area is 72.2 Å². The van der Waals surface area contributed by atoms with Crippen LogP contribution in [0, 0.1) is 0 Å². The number of ketones is 1. The van der Waals surface area contributed by atoms with Crippen molar-refractivity contribution in [2.45, 2.75) is 6.92 Å². The molecule has 1 aromatic heterocycles. The minimum absolute atomic E-state index is 0.0909. The van der Waals surface area contributed by atoms with Gasteiger partial charge < -0.3 is 5.11 Å². The van der Waals surface area contributed by atoms with Crippen LogP contribution in [0.1, 0.15) is 17.3 Å². The van der Waals surface area contributed by atoms with Crippen LogP contribution in [0.2, 0.25) is 0 Å². The maximum atomic E-state index is 10.9. The Balaban J connectivity index is 3.32. The molecule has 0 saturated carbocycles. The third-order valence-electron chi connectivity index (χ3n) is 1.23. The summed E-state index contributed by atoms with van der Waals surface area (Å²) >= 11 is 3.10. The number of carbonyl (C=O) groups excluding carboxylic acids is 1. The number of aromatic nitrogens is 1. The molecule has 0 aliphatic rings. The van der Waals surface area contributed by atoms with Gasteiger partial charge in [0.05, 0.1) is 16.2 Å². The highest BCUT2D eigenvalue weighted by Gasteiger charge is 2.09. The third kappa shape index (κ3) is 1.57. The van der Waals surface area contributed by atoms with E-state index >= 15 is 0 Å². The lowest BCUT2D eigenvalue weighted by Gasteiger charge is -2.00. The van der Waals surface area contributed by atoms with Crippen LogP contribution < -0.4 is 0 Å². The molecule has 11 heavy (non-hydrogen) atoms. The Kier molecular flexibility index (Phi) is 2.24. The zero-order chi connectivity index (χ0) is 8.43. The molecule has 4 heteroatoms. The van der Waals surface area contributed by atoms with Gasteiger partial charge in [-0.2, -0.15) is 0 Å². The van der Waals surface area contributed by atoms with Gasteiger partial charge in [-0.1, -0.05) is 0 Å². The number of pyridine rings is 1. The SMILES string of the molecule is CC(=O)c1c(O)cncc1Br. The predicted molar refractivity (Wildman–Crippen MR) is 43.6 cm³/mol. The van der Waals surface area contributed by atoms with E-state index in [-0.39, 0.29) is 17.1 Å². The van der Waals surface area contributed by atoms with Crippen molar-refractivity contribution >= 4 is 21.7 Å².